The zero-order valence-corrected chi connectivity index (χ0v) is 8.97. The summed E-state index contributed by atoms with van der Waals surface area (Å²) in [6, 6.07) is 3.51. The Morgan fingerprint density at radius 3 is 1.71 bits per heavy atom. The summed E-state index contributed by atoms with van der Waals surface area (Å²) in [6.45, 7) is 0. The standard InChI is InChI=1S/C12H10N4O/c1-3-11(15-9-5-7-13-15)17-12(4-2)16-10-6-8-14-16/h1-2,5-12H. The van der Waals surface area contributed by atoms with Gasteiger partial charge in [-0.3, -0.25) is 0 Å². The van der Waals surface area contributed by atoms with Crippen LogP contribution >= 0.6 is 0 Å². The van der Waals surface area contributed by atoms with Crippen LogP contribution in [0.1, 0.15) is 12.5 Å². The summed E-state index contributed by atoms with van der Waals surface area (Å²) in [5.74, 6) is 4.95. The lowest BCUT2D eigenvalue weighted by atomic mass is 10.5. The molecule has 0 saturated heterocycles. The molecule has 0 saturated carbocycles. The molecule has 17 heavy (non-hydrogen) atoms. The molecule has 0 bridgehead atoms. The van der Waals surface area contributed by atoms with Gasteiger partial charge < -0.3 is 4.74 Å². The molecule has 2 heterocycles. The minimum Gasteiger partial charge on any atom is -0.309 e. The van der Waals surface area contributed by atoms with E-state index in [1.165, 1.54) is 9.36 Å². The molecule has 0 amide bonds. The minimum atomic E-state index is -0.657. The van der Waals surface area contributed by atoms with E-state index in [4.69, 9.17) is 17.6 Å². The van der Waals surface area contributed by atoms with Gasteiger partial charge in [-0.05, 0) is 12.1 Å². The van der Waals surface area contributed by atoms with Crippen LogP contribution in [0.2, 0.25) is 0 Å². The molecule has 5 nitrogen and oxygen atoms in total. The van der Waals surface area contributed by atoms with Crippen molar-refractivity contribution in [2.24, 2.45) is 0 Å². The third-order valence-corrected chi connectivity index (χ3v) is 2.07. The number of hydrogen-bond donors (Lipinski definition) is 0. The van der Waals surface area contributed by atoms with E-state index in [1.54, 1.807) is 36.9 Å². The molecular weight excluding hydrogens is 216 g/mol. The molecule has 2 unspecified atom stereocenters. The van der Waals surface area contributed by atoms with Gasteiger partial charge in [0.2, 0.25) is 12.5 Å². The van der Waals surface area contributed by atoms with Gasteiger partial charge in [0, 0.05) is 24.8 Å². The summed E-state index contributed by atoms with van der Waals surface area (Å²) in [4.78, 5) is 0. The largest absolute Gasteiger partial charge is 0.309 e. The maximum Gasteiger partial charge on any atom is 0.215 e. The topological polar surface area (TPSA) is 44.9 Å². The third kappa shape index (κ3) is 2.36. The predicted octanol–water partition coefficient (Wildman–Crippen LogP) is 1.06. The minimum absolute atomic E-state index is 0.657. The van der Waals surface area contributed by atoms with Gasteiger partial charge in [0.15, 0.2) is 0 Å². The van der Waals surface area contributed by atoms with Crippen LogP contribution in [0.5, 0.6) is 0 Å². The Hall–Kier alpha value is -2.50. The average Bonchev–Trinajstić information content (AvgIpc) is 3.03. The van der Waals surface area contributed by atoms with E-state index in [1.807, 2.05) is 0 Å². The van der Waals surface area contributed by atoms with E-state index in [2.05, 4.69) is 22.0 Å². The first kappa shape index (κ1) is 11.0. The van der Waals surface area contributed by atoms with E-state index >= 15 is 0 Å². The number of ether oxygens (including phenoxy) is 1. The molecule has 0 aliphatic rings. The third-order valence-electron chi connectivity index (χ3n) is 2.07. The van der Waals surface area contributed by atoms with Crippen molar-refractivity contribution in [1.82, 2.24) is 19.6 Å². The van der Waals surface area contributed by atoms with Crippen molar-refractivity contribution in [3.63, 3.8) is 0 Å². The van der Waals surface area contributed by atoms with Crippen LogP contribution in [0.25, 0.3) is 0 Å². The summed E-state index contributed by atoms with van der Waals surface area (Å²) >= 11 is 0. The lowest BCUT2D eigenvalue weighted by Gasteiger charge is -2.17. The Balaban J connectivity index is 2.14. The van der Waals surface area contributed by atoms with E-state index in [-0.39, 0.29) is 0 Å². The van der Waals surface area contributed by atoms with Gasteiger partial charge in [0.25, 0.3) is 0 Å². The summed E-state index contributed by atoms with van der Waals surface area (Å²) in [7, 11) is 0. The first-order valence-corrected chi connectivity index (χ1v) is 4.91. The lowest BCUT2D eigenvalue weighted by molar-refractivity contribution is -0.0388. The van der Waals surface area contributed by atoms with Gasteiger partial charge in [-0.15, -0.1) is 12.8 Å². The van der Waals surface area contributed by atoms with E-state index < -0.39 is 12.5 Å². The van der Waals surface area contributed by atoms with Crippen molar-refractivity contribution in [1.29, 1.82) is 0 Å². The smallest absolute Gasteiger partial charge is 0.215 e. The highest BCUT2D eigenvalue weighted by Gasteiger charge is 2.15. The molecule has 0 spiro atoms. The van der Waals surface area contributed by atoms with E-state index in [0.717, 1.165) is 0 Å². The van der Waals surface area contributed by atoms with Gasteiger partial charge in [-0.2, -0.15) is 10.2 Å². The van der Waals surface area contributed by atoms with Gasteiger partial charge in [-0.25, -0.2) is 9.36 Å². The van der Waals surface area contributed by atoms with Crippen LogP contribution in [0, 0.1) is 24.7 Å². The van der Waals surface area contributed by atoms with Crippen LogP contribution in [0.3, 0.4) is 0 Å². The van der Waals surface area contributed by atoms with E-state index in [0.29, 0.717) is 0 Å². The predicted molar refractivity (Wildman–Crippen MR) is 61.3 cm³/mol. The highest BCUT2D eigenvalue weighted by molar-refractivity contribution is 4.99. The zero-order chi connectivity index (χ0) is 12.1. The molecule has 5 heteroatoms. The van der Waals surface area contributed by atoms with Crippen molar-refractivity contribution in [2.45, 2.75) is 12.5 Å². The van der Waals surface area contributed by atoms with Gasteiger partial charge in [0.1, 0.15) is 0 Å². The second kappa shape index (κ2) is 5.02. The first-order valence-electron chi connectivity index (χ1n) is 4.91. The molecule has 0 aliphatic carbocycles. The average molecular weight is 226 g/mol. The van der Waals surface area contributed by atoms with Crippen molar-refractivity contribution >= 4 is 0 Å². The Morgan fingerprint density at radius 2 is 1.41 bits per heavy atom. The maximum absolute atomic E-state index is 5.57. The number of aromatic nitrogens is 4. The highest BCUT2D eigenvalue weighted by Crippen LogP contribution is 2.15. The molecule has 0 N–H and O–H groups in total. The van der Waals surface area contributed by atoms with Crippen molar-refractivity contribution in [2.75, 3.05) is 0 Å². The quantitative estimate of drug-likeness (QED) is 0.732. The Labute approximate surface area is 99.0 Å². The maximum atomic E-state index is 5.57. The normalized spacial score (nSPS) is 13.5. The number of rotatable bonds is 4. The van der Waals surface area contributed by atoms with Crippen molar-refractivity contribution in [3.8, 4) is 24.7 Å². The number of terminal acetylenes is 2. The van der Waals surface area contributed by atoms with E-state index in [9.17, 15) is 0 Å². The van der Waals surface area contributed by atoms with Gasteiger partial charge in [-0.1, -0.05) is 11.8 Å². The highest BCUT2D eigenvalue weighted by atomic mass is 16.5. The molecule has 0 aliphatic heterocycles. The second-order valence-electron chi connectivity index (χ2n) is 3.15. The first-order chi connectivity index (χ1) is 8.35. The fourth-order valence-corrected chi connectivity index (χ4v) is 1.32. The molecule has 2 atom stereocenters. The van der Waals surface area contributed by atoms with Crippen LogP contribution in [-0.4, -0.2) is 19.6 Å². The molecule has 0 radical (unpaired) electrons. The number of nitrogens with zero attached hydrogens (tertiary/aromatic N) is 4. The monoisotopic (exact) mass is 226 g/mol. The molecular formula is C12H10N4O. The molecule has 84 valence electrons. The number of hydrogen-bond acceptors (Lipinski definition) is 3. The van der Waals surface area contributed by atoms with Crippen molar-refractivity contribution in [3.05, 3.63) is 36.9 Å². The molecule has 2 aromatic heterocycles. The summed E-state index contributed by atoms with van der Waals surface area (Å²) in [6.07, 6.45) is 16.1. The molecule has 2 aromatic rings. The van der Waals surface area contributed by atoms with Crippen LogP contribution in [-0.2, 0) is 4.74 Å². The summed E-state index contributed by atoms with van der Waals surface area (Å²) in [5, 5.41) is 8.01. The Kier molecular flexibility index (Phi) is 3.25. The molecule has 2 rings (SSSR count). The van der Waals surface area contributed by atoms with Gasteiger partial charge >= 0.3 is 0 Å². The summed E-state index contributed by atoms with van der Waals surface area (Å²) < 4.78 is 8.58. The molecule has 0 fully saturated rings. The zero-order valence-electron chi connectivity index (χ0n) is 8.97. The molecule has 0 aromatic carbocycles. The van der Waals surface area contributed by atoms with Crippen molar-refractivity contribution < 1.29 is 4.74 Å². The Morgan fingerprint density at radius 1 is 0.941 bits per heavy atom. The summed E-state index contributed by atoms with van der Waals surface area (Å²) in [5.41, 5.74) is 0. The fourth-order valence-electron chi connectivity index (χ4n) is 1.32. The SMILES string of the molecule is C#CC(OC(C#C)n1cccn1)n1cccn1. The van der Waals surface area contributed by atoms with Crippen LogP contribution in [0.15, 0.2) is 36.9 Å². The fraction of sp³-hybridized carbons (Fsp3) is 0.167. The Bertz CT molecular complexity index is 480. The van der Waals surface area contributed by atoms with Crippen LogP contribution in [0.4, 0.5) is 0 Å². The lowest BCUT2D eigenvalue weighted by Crippen LogP contribution is -2.19. The van der Waals surface area contributed by atoms with Crippen LogP contribution < -0.4 is 0 Å². The second-order valence-corrected chi connectivity index (χ2v) is 3.15. The van der Waals surface area contributed by atoms with Gasteiger partial charge in [0.05, 0.1) is 0 Å².